The Balaban J connectivity index is 2.17. The van der Waals surface area contributed by atoms with Gasteiger partial charge in [0.15, 0.2) is 0 Å². The minimum Gasteiger partial charge on any atom is -0.353 e. The molecule has 1 heterocycles. The van der Waals surface area contributed by atoms with E-state index >= 15 is 0 Å². The molecule has 0 bridgehead atoms. The SMILES string of the molecule is O=C1Nc2cc(Cl)c(Cl)cc2Nc2ccc(Cl)cc21. The minimum absolute atomic E-state index is 0.248. The third-order valence-electron chi connectivity index (χ3n) is 2.80. The van der Waals surface area contributed by atoms with Gasteiger partial charge in [0.2, 0.25) is 0 Å². The molecule has 0 saturated heterocycles. The summed E-state index contributed by atoms with van der Waals surface area (Å²) in [7, 11) is 0. The Morgan fingerprint density at radius 2 is 1.42 bits per heavy atom. The number of benzene rings is 2. The summed E-state index contributed by atoms with van der Waals surface area (Å²) < 4.78 is 0. The maximum atomic E-state index is 12.1. The van der Waals surface area contributed by atoms with Crippen LogP contribution < -0.4 is 10.6 Å². The van der Waals surface area contributed by atoms with Crippen molar-refractivity contribution in [2.24, 2.45) is 0 Å². The highest BCUT2D eigenvalue weighted by atomic mass is 35.5. The Kier molecular flexibility index (Phi) is 3.05. The number of hydrogen-bond donors (Lipinski definition) is 2. The molecule has 0 radical (unpaired) electrons. The Bertz CT molecular complexity index is 701. The van der Waals surface area contributed by atoms with Crippen LogP contribution in [0.25, 0.3) is 0 Å². The number of nitrogens with one attached hydrogen (secondary N) is 2. The molecule has 0 saturated carbocycles. The number of carbonyl (C=O) groups excluding carboxylic acids is 1. The van der Waals surface area contributed by atoms with E-state index < -0.39 is 0 Å². The molecule has 19 heavy (non-hydrogen) atoms. The van der Waals surface area contributed by atoms with Gasteiger partial charge in [0.05, 0.1) is 32.7 Å². The summed E-state index contributed by atoms with van der Waals surface area (Å²) in [5.74, 6) is -0.248. The van der Waals surface area contributed by atoms with Crippen molar-refractivity contribution in [1.82, 2.24) is 0 Å². The zero-order valence-electron chi connectivity index (χ0n) is 9.43. The number of halogens is 3. The molecule has 2 aromatic rings. The number of fused-ring (bicyclic) bond motifs is 2. The number of amides is 1. The molecule has 6 heteroatoms. The van der Waals surface area contributed by atoms with E-state index in [2.05, 4.69) is 10.6 Å². The van der Waals surface area contributed by atoms with Gasteiger partial charge in [-0.25, -0.2) is 0 Å². The third-order valence-corrected chi connectivity index (χ3v) is 3.76. The van der Waals surface area contributed by atoms with Crippen LogP contribution in [0.2, 0.25) is 15.1 Å². The van der Waals surface area contributed by atoms with Crippen LogP contribution in [0.4, 0.5) is 17.1 Å². The van der Waals surface area contributed by atoms with Crippen LogP contribution in [0.3, 0.4) is 0 Å². The molecule has 1 aliphatic rings. The number of carbonyl (C=O) groups is 1. The Hall–Kier alpha value is -1.42. The quantitative estimate of drug-likeness (QED) is 0.722. The van der Waals surface area contributed by atoms with Gasteiger partial charge in [-0.1, -0.05) is 34.8 Å². The standard InChI is InChI=1S/C13H7Cl3N2O/c14-6-1-2-10-7(3-6)13(19)18-12-5-9(16)8(15)4-11(12)17-10/h1-5,17H,(H,18,19). The van der Waals surface area contributed by atoms with Crippen LogP contribution >= 0.6 is 34.8 Å². The second-order valence-electron chi connectivity index (χ2n) is 4.08. The first kappa shape index (κ1) is 12.6. The van der Waals surface area contributed by atoms with Gasteiger partial charge < -0.3 is 10.6 Å². The van der Waals surface area contributed by atoms with Gasteiger partial charge in [-0.3, -0.25) is 4.79 Å². The molecule has 0 atom stereocenters. The van der Waals surface area contributed by atoms with Gasteiger partial charge in [-0.2, -0.15) is 0 Å². The highest BCUT2D eigenvalue weighted by molar-refractivity contribution is 6.42. The molecule has 1 amide bonds. The smallest absolute Gasteiger partial charge is 0.257 e. The first-order valence-electron chi connectivity index (χ1n) is 5.41. The Morgan fingerprint density at radius 1 is 0.789 bits per heavy atom. The fourth-order valence-corrected chi connectivity index (χ4v) is 2.40. The van der Waals surface area contributed by atoms with Crippen molar-refractivity contribution in [2.75, 3.05) is 10.6 Å². The van der Waals surface area contributed by atoms with Crippen LogP contribution in [0, 0.1) is 0 Å². The van der Waals surface area contributed by atoms with Crippen LogP contribution in [0.1, 0.15) is 10.4 Å². The lowest BCUT2D eigenvalue weighted by molar-refractivity contribution is 0.102. The second kappa shape index (κ2) is 4.60. The molecule has 1 aliphatic heterocycles. The molecule has 3 rings (SSSR count). The summed E-state index contributed by atoms with van der Waals surface area (Å²) in [6.07, 6.45) is 0. The number of rotatable bonds is 0. The Labute approximate surface area is 124 Å². The van der Waals surface area contributed by atoms with Crippen molar-refractivity contribution in [3.05, 3.63) is 51.0 Å². The number of anilines is 3. The Morgan fingerprint density at radius 3 is 2.11 bits per heavy atom. The van der Waals surface area contributed by atoms with E-state index in [1.165, 1.54) is 0 Å². The van der Waals surface area contributed by atoms with Crippen molar-refractivity contribution in [1.29, 1.82) is 0 Å². The monoisotopic (exact) mass is 312 g/mol. The van der Waals surface area contributed by atoms with E-state index in [-0.39, 0.29) is 5.91 Å². The van der Waals surface area contributed by atoms with Crippen molar-refractivity contribution < 1.29 is 4.79 Å². The highest BCUT2D eigenvalue weighted by Gasteiger charge is 2.20. The molecule has 2 aromatic carbocycles. The topological polar surface area (TPSA) is 41.1 Å². The largest absolute Gasteiger partial charge is 0.353 e. The van der Waals surface area contributed by atoms with Crippen molar-refractivity contribution in [3.8, 4) is 0 Å². The van der Waals surface area contributed by atoms with Crippen LogP contribution in [0.5, 0.6) is 0 Å². The molecule has 3 nitrogen and oxygen atoms in total. The predicted octanol–water partition coefficient (Wildman–Crippen LogP) is 4.96. The molecule has 96 valence electrons. The van der Waals surface area contributed by atoms with Crippen LogP contribution in [-0.2, 0) is 0 Å². The summed E-state index contributed by atoms with van der Waals surface area (Å²) in [5, 5.41) is 7.21. The average molecular weight is 314 g/mol. The molecule has 0 aromatic heterocycles. The van der Waals surface area contributed by atoms with Crippen molar-refractivity contribution in [2.45, 2.75) is 0 Å². The highest BCUT2D eigenvalue weighted by Crippen LogP contribution is 2.37. The first-order chi connectivity index (χ1) is 9.04. The molecule has 0 spiro atoms. The lowest BCUT2D eigenvalue weighted by Crippen LogP contribution is -2.10. The molecule has 0 fully saturated rings. The molecular formula is C13H7Cl3N2O. The van der Waals surface area contributed by atoms with Gasteiger partial charge in [0, 0.05) is 5.02 Å². The fraction of sp³-hybridized carbons (Fsp3) is 0. The molecular weight excluding hydrogens is 307 g/mol. The zero-order valence-corrected chi connectivity index (χ0v) is 11.7. The van der Waals surface area contributed by atoms with Gasteiger partial charge in [0.25, 0.3) is 5.91 Å². The predicted molar refractivity (Wildman–Crippen MR) is 79.1 cm³/mol. The normalized spacial score (nSPS) is 12.9. The van der Waals surface area contributed by atoms with E-state index in [9.17, 15) is 4.79 Å². The van der Waals surface area contributed by atoms with Crippen molar-refractivity contribution >= 4 is 57.8 Å². The van der Waals surface area contributed by atoms with Gasteiger partial charge in [0.1, 0.15) is 0 Å². The summed E-state index contributed by atoms with van der Waals surface area (Å²) in [6.45, 7) is 0. The maximum Gasteiger partial charge on any atom is 0.257 e. The maximum absolute atomic E-state index is 12.1. The minimum atomic E-state index is -0.248. The van der Waals surface area contributed by atoms with Gasteiger partial charge in [-0.15, -0.1) is 0 Å². The van der Waals surface area contributed by atoms with Crippen LogP contribution in [0.15, 0.2) is 30.3 Å². The molecule has 0 unspecified atom stereocenters. The van der Waals surface area contributed by atoms with Gasteiger partial charge >= 0.3 is 0 Å². The molecule has 0 aliphatic carbocycles. The lowest BCUT2D eigenvalue weighted by Gasteiger charge is -2.09. The van der Waals surface area contributed by atoms with Crippen molar-refractivity contribution in [3.63, 3.8) is 0 Å². The average Bonchev–Trinajstić information content (AvgIpc) is 2.48. The summed E-state index contributed by atoms with van der Waals surface area (Å²) >= 11 is 17.8. The zero-order chi connectivity index (χ0) is 13.6. The van der Waals surface area contributed by atoms with E-state index in [4.69, 9.17) is 34.8 Å². The van der Waals surface area contributed by atoms with E-state index in [1.807, 2.05) is 0 Å². The van der Waals surface area contributed by atoms with E-state index in [0.717, 1.165) is 0 Å². The summed E-state index contributed by atoms with van der Waals surface area (Å²) in [5.41, 5.74) is 2.39. The third kappa shape index (κ3) is 2.25. The van der Waals surface area contributed by atoms with E-state index in [0.29, 0.717) is 37.7 Å². The number of hydrogen-bond acceptors (Lipinski definition) is 2. The van der Waals surface area contributed by atoms with E-state index in [1.54, 1.807) is 30.3 Å². The molecule has 2 N–H and O–H groups in total. The lowest BCUT2D eigenvalue weighted by atomic mass is 10.1. The summed E-state index contributed by atoms with van der Waals surface area (Å²) in [4.78, 5) is 12.1. The summed E-state index contributed by atoms with van der Waals surface area (Å²) in [6, 6.07) is 8.34. The second-order valence-corrected chi connectivity index (χ2v) is 5.33. The van der Waals surface area contributed by atoms with Gasteiger partial charge in [-0.05, 0) is 30.3 Å². The first-order valence-corrected chi connectivity index (χ1v) is 6.55. The van der Waals surface area contributed by atoms with Crippen LogP contribution in [-0.4, -0.2) is 5.91 Å². The fourth-order valence-electron chi connectivity index (χ4n) is 1.90.